The predicted octanol–water partition coefficient (Wildman–Crippen LogP) is 0.439. The maximum atomic E-state index is 12.6. The van der Waals surface area contributed by atoms with Crippen LogP contribution in [-0.2, 0) is 11.8 Å². The summed E-state index contributed by atoms with van der Waals surface area (Å²) in [6, 6.07) is 0. The summed E-state index contributed by atoms with van der Waals surface area (Å²) in [5.74, 6) is 0.808. The highest BCUT2D eigenvalue weighted by Crippen LogP contribution is 2.48. The fraction of sp³-hybridized carbons (Fsp3) is 0.750. The molecule has 0 radical (unpaired) electrons. The van der Waals surface area contributed by atoms with Crippen molar-refractivity contribution in [2.75, 3.05) is 32.7 Å². The van der Waals surface area contributed by atoms with Crippen LogP contribution in [0.2, 0.25) is 0 Å². The van der Waals surface area contributed by atoms with Gasteiger partial charge in [0.1, 0.15) is 0 Å². The Hall–Kier alpha value is -1.40. The van der Waals surface area contributed by atoms with E-state index in [0.29, 0.717) is 11.8 Å². The van der Waals surface area contributed by atoms with Gasteiger partial charge in [-0.25, -0.2) is 0 Å². The molecule has 6 heteroatoms. The molecule has 3 atom stereocenters. The van der Waals surface area contributed by atoms with E-state index in [2.05, 4.69) is 10.00 Å². The van der Waals surface area contributed by atoms with Crippen molar-refractivity contribution in [1.29, 1.82) is 0 Å². The van der Waals surface area contributed by atoms with E-state index in [1.807, 2.05) is 31.3 Å². The molecule has 2 heterocycles. The van der Waals surface area contributed by atoms with E-state index in [1.54, 1.807) is 4.68 Å². The van der Waals surface area contributed by atoms with Gasteiger partial charge < -0.3 is 10.0 Å². The first-order chi connectivity index (χ1) is 10.6. The molecule has 0 aromatic carbocycles. The molecule has 1 aromatic rings. The molecule has 0 spiro atoms. The number of piperazine rings is 1. The van der Waals surface area contributed by atoms with Crippen LogP contribution >= 0.6 is 0 Å². The highest BCUT2D eigenvalue weighted by Gasteiger charge is 2.46. The van der Waals surface area contributed by atoms with Gasteiger partial charge in [0.05, 0.1) is 12.3 Å². The Morgan fingerprint density at radius 1 is 1.41 bits per heavy atom. The number of nitrogens with zero attached hydrogens (tertiary/aromatic N) is 4. The fourth-order valence-corrected chi connectivity index (χ4v) is 3.28. The largest absolute Gasteiger partial charge is 0.392 e. The number of rotatable bonds is 5. The van der Waals surface area contributed by atoms with Crippen LogP contribution in [0.5, 0.6) is 0 Å². The molecule has 1 aliphatic heterocycles. The number of carbonyl (C=O) groups excluding carboxylic acids is 1. The minimum atomic E-state index is -0.249. The summed E-state index contributed by atoms with van der Waals surface area (Å²) in [5, 5.41) is 13.9. The molecule has 3 rings (SSSR count). The van der Waals surface area contributed by atoms with Gasteiger partial charge in [0.25, 0.3) is 0 Å². The summed E-state index contributed by atoms with van der Waals surface area (Å²) >= 11 is 0. The first-order valence-electron chi connectivity index (χ1n) is 8.26. The zero-order valence-electron chi connectivity index (χ0n) is 13.5. The average Bonchev–Trinajstić information content (AvgIpc) is 3.21. The summed E-state index contributed by atoms with van der Waals surface area (Å²) in [5.41, 5.74) is 1.19. The zero-order valence-corrected chi connectivity index (χ0v) is 13.5. The number of hydrogen-bond acceptors (Lipinski definition) is 4. The smallest absolute Gasteiger partial charge is 0.226 e. The van der Waals surface area contributed by atoms with E-state index in [9.17, 15) is 9.90 Å². The van der Waals surface area contributed by atoms with E-state index in [4.69, 9.17) is 0 Å². The van der Waals surface area contributed by atoms with Crippen molar-refractivity contribution in [2.24, 2.45) is 13.0 Å². The molecule has 1 amide bonds. The minimum Gasteiger partial charge on any atom is -0.392 e. The number of aliphatic hydroxyl groups excluding tert-OH is 1. The van der Waals surface area contributed by atoms with Crippen LogP contribution in [0, 0.1) is 5.92 Å². The van der Waals surface area contributed by atoms with Gasteiger partial charge in [-0.3, -0.25) is 14.4 Å². The number of carbonyl (C=O) groups is 1. The Morgan fingerprint density at radius 3 is 2.73 bits per heavy atom. The first kappa shape index (κ1) is 15.5. The SMILES string of the molecule is CC[C@H](O)CN1CCN(C(=O)[C@H]2C[C@@H]2c2cnn(C)c2)CC1. The van der Waals surface area contributed by atoms with Crippen molar-refractivity contribution in [3.05, 3.63) is 18.0 Å². The van der Waals surface area contributed by atoms with Crippen LogP contribution in [0.1, 0.15) is 31.2 Å². The van der Waals surface area contributed by atoms with E-state index in [1.165, 1.54) is 5.56 Å². The topological polar surface area (TPSA) is 61.6 Å². The normalized spacial score (nSPS) is 27.0. The molecule has 1 N–H and O–H groups in total. The Bertz CT molecular complexity index is 522. The molecule has 0 bridgehead atoms. The zero-order chi connectivity index (χ0) is 15.7. The molecule has 2 aliphatic rings. The molecular formula is C16H26N4O2. The monoisotopic (exact) mass is 306 g/mol. The quantitative estimate of drug-likeness (QED) is 0.857. The van der Waals surface area contributed by atoms with Crippen molar-refractivity contribution in [1.82, 2.24) is 19.6 Å². The molecule has 0 unspecified atom stereocenters. The number of aliphatic hydroxyl groups is 1. The number of β-amino-alcohol motifs (C(OH)–C–C–N with tert-alkyl or cyclic N) is 1. The number of aromatic nitrogens is 2. The summed E-state index contributed by atoms with van der Waals surface area (Å²) < 4.78 is 1.80. The van der Waals surface area contributed by atoms with E-state index in [0.717, 1.165) is 45.6 Å². The summed E-state index contributed by atoms with van der Waals surface area (Å²) in [6.07, 6.45) is 5.39. The van der Waals surface area contributed by atoms with Crippen molar-refractivity contribution in [3.8, 4) is 0 Å². The Kier molecular flexibility index (Phi) is 4.49. The molecular weight excluding hydrogens is 280 g/mol. The average molecular weight is 306 g/mol. The third kappa shape index (κ3) is 3.33. The standard InChI is InChI=1S/C16H26N4O2/c1-3-13(21)11-19-4-6-20(7-5-19)16(22)15-8-14(15)12-9-17-18(2)10-12/h9-10,13-15,21H,3-8,11H2,1-2H3/t13-,14+,15-/m0/s1. The van der Waals surface area contributed by atoms with Gasteiger partial charge in [0.2, 0.25) is 5.91 Å². The van der Waals surface area contributed by atoms with E-state index < -0.39 is 0 Å². The first-order valence-corrected chi connectivity index (χ1v) is 8.26. The highest BCUT2D eigenvalue weighted by molar-refractivity contribution is 5.83. The van der Waals surface area contributed by atoms with Crippen LogP contribution in [0.15, 0.2) is 12.4 Å². The van der Waals surface area contributed by atoms with Crippen molar-refractivity contribution in [3.63, 3.8) is 0 Å². The second-order valence-electron chi connectivity index (χ2n) is 6.58. The molecule has 122 valence electrons. The second-order valence-corrected chi connectivity index (χ2v) is 6.58. The number of hydrogen-bond donors (Lipinski definition) is 1. The summed E-state index contributed by atoms with van der Waals surface area (Å²) in [7, 11) is 1.91. The third-order valence-electron chi connectivity index (χ3n) is 4.88. The highest BCUT2D eigenvalue weighted by atomic mass is 16.3. The summed E-state index contributed by atoms with van der Waals surface area (Å²) in [4.78, 5) is 16.8. The van der Waals surface area contributed by atoms with Crippen LogP contribution in [0.3, 0.4) is 0 Å². The lowest BCUT2D eigenvalue weighted by atomic mass is 10.1. The van der Waals surface area contributed by atoms with E-state index in [-0.39, 0.29) is 12.0 Å². The maximum absolute atomic E-state index is 12.6. The lowest BCUT2D eigenvalue weighted by Crippen LogP contribution is -2.50. The fourth-order valence-electron chi connectivity index (χ4n) is 3.28. The van der Waals surface area contributed by atoms with Gasteiger partial charge in [0, 0.05) is 51.9 Å². The molecule has 6 nitrogen and oxygen atoms in total. The number of amides is 1. The molecule has 1 saturated heterocycles. The van der Waals surface area contributed by atoms with Crippen LogP contribution < -0.4 is 0 Å². The van der Waals surface area contributed by atoms with Crippen LogP contribution in [0.4, 0.5) is 0 Å². The molecule has 2 fully saturated rings. The van der Waals surface area contributed by atoms with Gasteiger partial charge >= 0.3 is 0 Å². The molecule has 1 aliphatic carbocycles. The van der Waals surface area contributed by atoms with Crippen molar-refractivity contribution >= 4 is 5.91 Å². The van der Waals surface area contributed by atoms with Crippen molar-refractivity contribution < 1.29 is 9.90 Å². The van der Waals surface area contributed by atoms with Gasteiger partial charge in [-0.05, 0) is 24.3 Å². The van der Waals surface area contributed by atoms with E-state index >= 15 is 0 Å². The van der Waals surface area contributed by atoms with Gasteiger partial charge in [-0.1, -0.05) is 6.92 Å². The number of aryl methyl sites for hydroxylation is 1. The van der Waals surface area contributed by atoms with Gasteiger partial charge in [-0.2, -0.15) is 5.10 Å². The summed E-state index contributed by atoms with van der Waals surface area (Å²) in [6.45, 7) is 6.02. The predicted molar refractivity (Wildman–Crippen MR) is 83.4 cm³/mol. The lowest BCUT2D eigenvalue weighted by Gasteiger charge is -2.35. The maximum Gasteiger partial charge on any atom is 0.226 e. The van der Waals surface area contributed by atoms with Gasteiger partial charge in [-0.15, -0.1) is 0 Å². The lowest BCUT2D eigenvalue weighted by molar-refractivity contribution is -0.134. The third-order valence-corrected chi connectivity index (χ3v) is 4.88. The second kappa shape index (κ2) is 6.38. The van der Waals surface area contributed by atoms with Crippen LogP contribution in [-0.4, -0.2) is 69.4 Å². The molecule has 1 saturated carbocycles. The Balaban J connectivity index is 1.47. The molecule has 1 aromatic heterocycles. The molecule has 22 heavy (non-hydrogen) atoms. The van der Waals surface area contributed by atoms with Gasteiger partial charge in [0.15, 0.2) is 0 Å². The Morgan fingerprint density at radius 2 is 2.14 bits per heavy atom. The van der Waals surface area contributed by atoms with Crippen LogP contribution in [0.25, 0.3) is 0 Å². The Labute approximate surface area is 131 Å². The minimum absolute atomic E-state index is 0.150. The van der Waals surface area contributed by atoms with Crippen molar-refractivity contribution in [2.45, 2.75) is 31.8 Å².